The molecule has 1 aliphatic heterocycles. The van der Waals surface area contributed by atoms with Crippen LogP contribution in [-0.2, 0) is 21.2 Å². The maximum atomic E-state index is 15.3. The van der Waals surface area contributed by atoms with E-state index in [-0.39, 0.29) is 41.3 Å². The first kappa shape index (κ1) is 33.3. The lowest BCUT2D eigenvalue weighted by Crippen LogP contribution is -2.53. The Morgan fingerprint density at radius 2 is 1.65 bits per heavy atom. The molecule has 3 atom stereocenters. The van der Waals surface area contributed by atoms with Crippen LogP contribution >= 0.6 is 0 Å². The third kappa shape index (κ3) is 6.99. The second-order valence-electron chi connectivity index (χ2n) is 11.6. The molecule has 0 aliphatic carbocycles. The van der Waals surface area contributed by atoms with Gasteiger partial charge in [-0.1, -0.05) is 36.4 Å². The maximum Gasteiger partial charge on any atom is 0.276 e. The lowest BCUT2D eigenvalue weighted by Gasteiger charge is -2.34. The average Bonchev–Trinajstić information content (AvgIpc) is 3.51. The van der Waals surface area contributed by atoms with Crippen molar-refractivity contribution >= 4 is 32.6 Å². The number of nitrogens with one attached hydrogen (secondary N) is 2. The van der Waals surface area contributed by atoms with Gasteiger partial charge in [0.15, 0.2) is 0 Å². The van der Waals surface area contributed by atoms with Gasteiger partial charge in [0.1, 0.15) is 28.9 Å². The number of fused-ring (bicyclic) bond motifs is 1. The van der Waals surface area contributed by atoms with E-state index in [1.165, 1.54) is 40.7 Å². The van der Waals surface area contributed by atoms with Gasteiger partial charge < -0.3 is 20.8 Å². The molecule has 0 radical (unpaired) electrons. The molecule has 0 bridgehead atoms. The number of halogens is 4. The second-order valence-corrected chi connectivity index (χ2v) is 13.5. The summed E-state index contributed by atoms with van der Waals surface area (Å²) in [5.74, 6) is -4.81. The van der Waals surface area contributed by atoms with Crippen molar-refractivity contribution in [3.63, 3.8) is 0 Å². The maximum absolute atomic E-state index is 15.3. The molecule has 2 heterocycles. The summed E-state index contributed by atoms with van der Waals surface area (Å²) >= 11 is 0. The smallest absolute Gasteiger partial charge is 0.276 e. The molecule has 0 spiro atoms. The van der Waals surface area contributed by atoms with E-state index in [1.54, 1.807) is 24.3 Å². The van der Waals surface area contributed by atoms with Gasteiger partial charge in [0.25, 0.3) is 10.0 Å². The summed E-state index contributed by atoms with van der Waals surface area (Å²) in [7, 11) is -4.03. The zero-order valence-electron chi connectivity index (χ0n) is 25.5. The van der Waals surface area contributed by atoms with Crippen molar-refractivity contribution in [2.75, 3.05) is 25.0 Å². The van der Waals surface area contributed by atoms with Crippen LogP contribution in [0.3, 0.4) is 0 Å². The number of rotatable bonds is 10. The van der Waals surface area contributed by atoms with Gasteiger partial charge in [-0.25, -0.2) is 26.0 Å². The van der Waals surface area contributed by atoms with Gasteiger partial charge in [-0.15, -0.1) is 0 Å². The van der Waals surface area contributed by atoms with Gasteiger partial charge in [0.2, 0.25) is 11.0 Å². The van der Waals surface area contributed by atoms with Crippen LogP contribution in [-0.4, -0.2) is 50.3 Å². The fourth-order valence-electron chi connectivity index (χ4n) is 6.15. The predicted molar refractivity (Wildman–Crippen MR) is 173 cm³/mol. The number of hydrogen-bond acceptors (Lipinski definition) is 6. The highest BCUT2D eigenvalue weighted by atomic mass is 32.2. The summed E-state index contributed by atoms with van der Waals surface area (Å²) in [4.78, 5) is 13.6. The summed E-state index contributed by atoms with van der Waals surface area (Å²) in [5.41, 5.74) is 7.46. The number of nitrogens with zero attached hydrogens (tertiary/aromatic N) is 1. The Labute approximate surface area is 274 Å². The molecule has 48 heavy (non-hydrogen) atoms. The Morgan fingerprint density at radius 3 is 2.38 bits per heavy atom. The molecule has 250 valence electrons. The largest absolute Gasteiger partial charge is 0.443 e. The Bertz CT molecular complexity index is 2000. The van der Waals surface area contributed by atoms with Gasteiger partial charge in [0.05, 0.1) is 6.04 Å². The predicted octanol–water partition coefficient (Wildman–Crippen LogP) is 5.68. The number of hydrogen-bond donors (Lipinski definition) is 3. The van der Waals surface area contributed by atoms with Crippen molar-refractivity contribution in [2.45, 2.75) is 35.9 Å². The van der Waals surface area contributed by atoms with Crippen LogP contribution in [0, 0.1) is 23.3 Å². The van der Waals surface area contributed by atoms with Crippen LogP contribution in [0.1, 0.15) is 29.0 Å². The molecule has 5 aromatic rings. The molecule has 4 aromatic carbocycles. The Kier molecular flexibility index (Phi) is 9.65. The third-order valence-corrected chi connectivity index (χ3v) is 10.3. The number of piperazine rings is 1. The second kappa shape index (κ2) is 13.9. The monoisotopic (exact) mass is 680 g/mol. The van der Waals surface area contributed by atoms with Crippen molar-refractivity contribution in [3.8, 4) is 0 Å². The van der Waals surface area contributed by atoms with Crippen LogP contribution in [0.2, 0.25) is 0 Å². The van der Waals surface area contributed by atoms with Gasteiger partial charge >= 0.3 is 0 Å². The van der Waals surface area contributed by atoms with E-state index in [0.29, 0.717) is 35.7 Å². The van der Waals surface area contributed by atoms with E-state index in [0.717, 1.165) is 24.3 Å². The number of carbonyl (C=O) groups excluding carboxylic acids is 1. The third-order valence-electron chi connectivity index (χ3n) is 8.50. The van der Waals surface area contributed by atoms with Crippen LogP contribution < -0.4 is 16.4 Å². The van der Waals surface area contributed by atoms with Crippen LogP contribution in [0.25, 0.3) is 11.0 Å². The van der Waals surface area contributed by atoms with Gasteiger partial charge in [-0.3, -0.25) is 4.79 Å². The van der Waals surface area contributed by atoms with Crippen molar-refractivity contribution < 1.29 is 35.2 Å². The SMILES string of the molecule is N[C@H](C(=O)Nc1cccc(F)c1CC[C@H]1CNCCN1S(=O)(=O)c1cc2ccccc2o1)[C@@H](c1ccc(F)cc1)c1cc(F)cc(F)c1. The highest BCUT2D eigenvalue weighted by Crippen LogP contribution is 2.32. The topological polar surface area (TPSA) is 118 Å². The van der Waals surface area contributed by atoms with Crippen molar-refractivity contribution in [3.05, 3.63) is 131 Å². The van der Waals surface area contributed by atoms with Crippen molar-refractivity contribution in [1.82, 2.24) is 9.62 Å². The number of nitrogens with two attached hydrogens (primary N) is 1. The number of carbonyl (C=O) groups is 1. The molecule has 6 rings (SSSR count). The fourth-order valence-corrected chi connectivity index (χ4v) is 7.75. The number of para-hydroxylation sites is 1. The van der Waals surface area contributed by atoms with Gasteiger partial charge in [-0.05, 0) is 66.4 Å². The Morgan fingerprint density at radius 1 is 0.917 bits per heavy atom. The minimum Gasteiger partial charge on any atom is -0.443 e. The lowest BCUT2D eigenvalue weighted by atomic mass is 9.84. The molecule has 1 aromatic heterocycles. The van der Waals surface area contributed by atoms with E-state index >= 15 is 4.39 Å². The van der Waals surface area contributed by atoms with E-state index in [9.17, 15) is 26.4 Å². The minimum atomic E-state index is -4.03. The van der Waals surface area contributed by atoms with Crippen molar-refractivity contribution in [2.24, 2.45) is 5.73 Å². The number of furan rings is 1. The quantitative estimate of drug-likeness (QED) is 0.164. The standard InChI is InChI=1S/C35H32F4N4O4S/c36-24-10-8-21(9-11-24)33(23-16-25(37)19-26(38)17-23)34(40)35(44)42-30-6-3-5-29(39)28(30)13-12-27-20-41-14-15-43(27)48(45,46)32-18-22-4-1-2-7-31(22)47-32/h1-11,16-19,27,33-34,41H,12-15,20,40H2,(H,42,44)/t27-,33-,34-/m0/s1. The molecule has 0 saturated carbocycles. The van der Waals surface area contributed by atoms with Crippen LogP contribution in [0.15, 0.2) is 101 Å². The molecule has 1 aliphatic rings. The molecule has 1 saturated heterocycles. The summed E-state index contributed by atoms with van der Waals surface area (Å²) in [6.45, 7) is 0.897. The van der Waals surface area contributed by atoms with Crippen molar-refractivity contribution in [1.29, 1.82) is 0 Å². The first-order valence-electron chi connectivity index (χ1n) is 15.3. The normalized spacial score (nSPS) is 16.9. The zero-order chi connectivity index (χ0) is 34.0. The summed E-state index contributed by atoms with van der Waals surface area (Å²) in [5, 5.41) is 6.31. The fraction of sp³-hybridized carbons (Fsp3) is 0.229. The molecule has 13 heteroatoms. The summed E-state index contributed by atoms with van der Waals surface area (Å²) in [6, 6.07) is 18.4. The first-order valence-corrected chi connectivity index (χ1v) is 16.7. The molecule has 0 unspecified atom stereocenters. The number of benzene rings is 4. The van der Waals surface area contributed by atoms with E-state index in [2.05, 4.69) is 10.6 Å². The summed E-state index contributed by atoms with van der Waals surface area (Å²) in [6.07, 6.45) is 0.246. The highest BCUT2D eigenvalue weighted by Gasteiger charge is 2.36. The first-order chi connectivity index (χ1) is 23.0. The molecular weight excluding hydrogens is 648 g/mol. The van der Waals surface area contributed by atoms with Gasteiger partial charge in [-0.2, -0.15) is 4.31 Å². The minimum absolute atomic E-state index is 0.0481. The average molecular weight is 681 g/mol. The Hall–Kier alpha value is -4.56. The number of sulfonamides is 1. The van der Waals surface area contributed by atoms with Crippen LogP contribution in [0.5, 0.6) is 0 Å². The number of amides is 1. The van der Waals surface area contributed by atoms with Crippen LogP contribution in [0.4, 0.5) is 23.2 Å². The number of anilines is 1. The molecule has 8 nitrogen and oxygen atoms in total. The van der Waals surface area contributed by atoms with E-state index in [4.69, 9.17) is 10.2 Å². The van der Waals surface area contributed by atoms with Gasteiger partial charge in [0, 0.05) is 60.4 Å². The summed E-state index contributed by atoms with van der Waals surface area (Å²) < 4.78 is 91.9. The molecule has 1 amide bonds. The molecule has 1 fully saturated rings. The zero-order valence-corrected chi connectivity index (χ0v) is 26.3. The molecule has 4 N–H and O–H groups in total. The highest BCUT2D eigenvalue weighted by molar-refractivity contribution is 7.89. The van der Waals surface area contributed by atoms with E-state index < -0.39 is 57.2 Å². The molecular formula is C35H32F4N4O4S. The lowest BCUT2D eigenvalue weighted by molar-refractivity contribution is -0.117. The van der Waals surface area contributed by atoms with E-state index in [1.807, 2.05) is 0 Å². The Balaban J connectivity index is 1.23.